The fourth-order valence-electron chi connectivity index (χ4n) is 3.21. The summed E-state index contributed by atoms with van der Waals surface area (Å²) in [5, 5.41) is 0.808. The maximum absolute atomic E-state index is 6.08. The molecule has 0 N–H and O–H groups in total. The Labute approximate surface area is 154 Å². The van der Waals surface area contributed by atoms with Crippen molar-refractivity contribution in [3.05, 3.63) is 58.6 Å². The standard InChI is InChI=1S/C20H25ClN2O2/c1-24-19-11-17(12-20(13-19)25-2)15-23-8-6-22(7-9-23)14-16-4-3-5-18(21)10-16/h3-5,10-13H,6-9,14-15H2,1-2H3. The van der Waals surface area contributed by atoms with Gasteiger partial charge in [0, 0.05) is 50.4 Å². The minimum atomic E-state index is 0.808. The summed E-state index contributed by atoms with van der Waals surface area (Å²) >= 11 is 6.08. The fourth-order valence-corrected chi connectivity index (χ4v) is 3.43. The summed E-state index contributed by atoms with van der Waals surface area (Å²) in [6.07, 6.45) is 0. The Morgan fingerprint density at radius 2 is 1.36 bits per heavy atom. The molecule has 25 heavy (non-hydrogen) atoms. The van der Waals surface area contributed by atoms with Crippen LogP contribution in [0.4, 0.5) is 0 Å². The average molecular weight is 361 g/mol. The van der Waals surface area contributed by atoms with Crippen molar-refractivity contribution in [2.45, 2.75) is 13.1 Å². The summed E-state index contributed by atoms with van der Waals surface area (Å²) in [4.78, 5) is 4.96. The van der Waals surface area contributed by atoms with Crippen LogP contribution in [0.3, 0.4) is 0 Å². The van der Waals surface area contributed by atoms with Crippen LogP contribution in [0.1, 0.15) is 11.1 Å². The van der Waals surface area contributed by atoms with Gasteiger partial charge in [0.1, 0.15) is 11.5 Å². The molecular weight excluding hydrogens is 336 g/mol. The van der Waals surface area contributed by atoms with Crippen molar-refractivity contribution < 1.29 is 9.47 Å². The molecule has 1 aliphatic rings. The van der Waals surface area contributed by atoms with Crippen LogP contribution in [0.2, 0.25) is 5.02 Å². The molecule has 0 spiro atoms. The van der Waals surface area contributed by atoms with E-state index in [0.29, 0.717) is 0 Å². The minimum absolute atomic E-state index is 0.808. The zero-order valence-electron chi connectivity index (χ0n) is 14.9. The number of benzene rings is 2. The van der Waals surface area contributed by atoms with Crippen LogP contribution in [0.25, 0.3) is 0 Å². The molecule has 4 nitrogen and oxygen atoms in total. The predicted molar refractivity (Wildman–Crippen MR) is 102 cm³/mol. The van der Waals surface area contributed by atoms with E-state index in [1.54, 1.807) is 14.2 Å². The SMILES string of the molecule is COc1cc(CN2CCN(Cc3cccc(Cl)c3)CC2)cc(OC)c1. The molecule has 0 aromatic heterocycles. The van der Waals surface area contributed by atoms with E-state index in [-0.39, 0.29) is 0 Å². The van der Waals surface area contributed by atoms with Crippen LogP contribution >= 0.6 is 11.6 Å². The van der Waals surface area contributed by atoms with Gasteiger partial charge in [-0.25, -0.2) is 0 Å². The lowest BCUT2D eigenvalue weighted by molar-refractivity contribution is 0.122. The van der Waals surface area contributed by atoms with E-state index in [2.05, 4.69) is 34.1 Å². The molecule has 2 aromatic carbocycles. The van der Waals surface area contributed by atoms with E-state index in [9.17, 15) is 0 Å². The van der Waals surface area contributed by atoms with E-state index in [0.717, 1.165) is 55.8 Å². The topological polar surface area (TPSA) is 24.9 Å². The van der Waals surface area contributed by atoms with E-state index in [1.807, 2.05) is 18.2 Å². The van der Waals surface area contributed by atoms with Crippen LogP contribution in [0.5, 0.6) is 11.5 Å². The molecule has 5 heteroatoms. The molecular formula is C20H25ClN2O2. The number of piperazine rings is 1. The molecule has 0 bridgehead atoms. The van der Waals surface area contributed by atoms with Gasteiger partial charge in [0.15, 0.2) is 0 Å². The third kappa shape index (κ3) is 5.11. The fraction of sp³-hybridized carbons (Fsp3) is 0.400. The Kier molecular flexibility index (Phi) is 6.19. The Morgan fingerprint density at radius 1 is 0.800 bits per heavy atom. The van der Waals surface area contributed by atoms with Crippen LogP contribution in [-0.4, -0.2) is 50.2 Å². The van der Waals surface area contributed by atoms with E-state index in [1.165, 1.54) is 11.1 Å². The Bertz CT molecular complexity index is 678. The normalized spacial score (nSPS) is 16.0. The second-order valence-electron chi connectivity index (χ2n) is 6.40. The average Bonchev–Trinajstić information content (AvgIpc) is 2.63. The second kappa shape index (κ2) is 8.56. The molecule has 0 radical (unpaired) electrons. The van der Waals surface area contributed by atoms with Crippen LogP contribution in [0, 0.1) is 0 Å². The molecule has 0 atom stereocenters. The number of hydrogen-bond acceptors (Lipinski definition) is 4. The van der Waals surface area contributed by atoms with Crippen molar-refractivity contribution in [3.8, 4) is 11.5 Å². The van der Waals surface area contributed by atoms with Crippen molar-refractivity contribution >= 4 is 11.6 Å². The zero-order chi connectivity index (χ0) is 17.6. The van der Waals surface area contributed by atoms with Crippen molar-refractivity contribution in [1.82, 2.24) is 9.80 Å². The van der Waals surface area contributed by atoms with E-state index < -0.39 is 0 Å². The minimum Gasteiger partial charge on any atom is -0.497 e. The number of methoxy groups -OCH3 is 2. The smallest absolute Gasteiger partial charge is 0.122 e. The molecule has 1 heterocycles. The lowest BCUT2D eigenvalue weighted by Gasteiger charge is -2.34. The lowest BCUT2D eigenvalue weighted by Crippen LogP contribution is -2.45. The van der Waals surface area contributed by atoms with Crippen LogP contribution in [0.15, 0.2) is 42.5 Å². The van der Waals surface area contributed by atoms with Gasteiger partial charge >= 0.3 is 0 Å². The Morgan fingerprint density at radius 3 is 1.88 bits per heavy atom. The van der Waals surface area contributed by atoms with E-state index in [4.69, 9.17) is 21.1 Å². The van der Waals surface area contributed by atoms with Crippen molar-refractivity contribution in [2.24, 2.45) is 0 Å². The molecule has 0 amide bonds. The highest BCUT2D eigenvalue weighted by Gasteiger charge is 2.17. The lowest BCUT2D eigenvalue weighted by atomic mass is 10.1. The summed E-state index contributed by atoms with van der Waals surface area (Å²) < 4.78 is 10.7. The Hall–Kier alpha value is -1.75. The van der Waals surface area contributed by atoms with Gasteiger partial charge in [-0.1, -0.05) is 23.7 Å². The number of ether oxygens (including phenoxy) is 2. The van der Waals surface area contributed by atoms with Gasteiger partial charge in [0.25, 0.3) is 0 Å². The third-order valence-corrected chi connectivity index (χ3v) is 4.81. The molecule has 134 valence electrons. The third-order valence-electron chi connectivity index (χ3n) is 4.58. The maximum Gasteiger partial charge on any atom is 0.122 e. The first-order valence-corrected chi connectivity index (χ1v) is 8.95. The van der Waals surface area contributed by atoms with Crippen LogP contribution < -0.4 is 9.47 Å². The molecule has 0 aliphatic carbocycles. The van der Waals surface area contributed by atoms with Crippen molar-refractivity contribution in [3.63, 3.8) is 0 Å². The number of nitrogens with zero attached hydrogens (tertiary/aromatic N) is 2. The highest BCUT2D eigenvalue weighted by Crippen LogP contribution is 2.24. The van der Waals surface area contributed by atoms with Crippen molar-refractivity contribution in [1.29, 1.82) is 0 Å². The summed E-state index contributed by atoms with van der Waals surface area (Å²) in [7, 11) is 3.38. The van der Waals surface area contributed by atoms with Gasteiger partial charge < -0.3 is 9.47 Å². The van der Waals surface area contributed by atoms with Gasteiger partial charge in [-0.3, -0.25) is 9.80 Å². The predicted octanol–water partition coefficient (Wildman–Crippen LogP) is 3.68. The molecule has 0 saturated carbocycles. The summed E-state index contributed by atoms with van der Waals surface area (Å²) in [5.74, 6) is 1.68. The molecule has 2 aromatic rings. The van der Waals surface area contributed by atoms with Gasteiger partial charge in [-0.15, -0.1) is 0 Å². The summed E-state index contributed by atoms with van der Waals surface area (Å²) in [5.41, 5.74) is 2.50. The molecule has 1 saturated heterocycles. The number of hydrogen-bond donors (Lipinski definition) is 0. The first kappa shape index (κ1) is 18.1. The van der Waals surface area contributed by atoms with Gasteiger partial charge in [0.05, 0.1) is 14.2 Å². The summed E-state index contributed by atoms with van der Waals surface area (Å²) in [6.45, 7) is 6.11. The molecule has 3 rings (SSSR count). The first-order valence-electron chi connectivity index (χ1n) is 8.57. The quantitative estimate of drug-likeness (QED) is 0.784. The zero-order valence-corrected chi connectivity index (χ0v) is 15.6. The molecule has 0 unspecified atom stereocenters. The number of halogens is 1. The highest BCUT2D eigenvalue weighted by molar-refractivity contribution is 6.30. The summed E-state index contributed by atoms with van der Waals surface area (Å²) in [6, 6.07) is 14.2. The largest absolute Gasteiger partial charge is 0.497 e. The maximum atomic E-state index is 6.08. The second-order valence-corrected chi connectivity index (χ2v) is 6.84. The first-order chi connectivity index (χ1) is 12.2. The highest BCUT2D eigenvalue weighted by atomic mass is 35.5. The molecule has 1 fully saturated rings. The van der Waals surface area contributed by atoms with Crippen molar-refractivity contribution in [2.75, 3.05) is 40.4 Å². The molecule has 1 aliphatic heterocycles. The number of rotatable bonds is 6. The van der Waals surface area contributed by atoms with Gasteiger partial charge in [-0.2, -0.15) is 0 Å². The Balaban J connectivity index is 1.54. The van der Waals surface area contributed by atoms with Gasteiger partial charge in [-0.05, 0) is 35.4 Å². The van der Waals surface area contributed by atoms with Crippen LogP contribution in [-0.2, 0) is 13.1 Å². The monoisotopic (exact) mass is 360 g/mol. The van der Waals surface area contributed by atoms with Gasteiger partial charge in [0.2, 0.25) is 0 Å². The van der Waals surface area contributed by atoms with E-state index >= 15 is 0 Å².